The van der Waals surface area contributed by atoms with Crippen molar-refractivity contribution in [2.45, 2.75) is 37.8 Å². The summed E-state index contributed by atoms with van der Waals surface area (Å²) in [4.78, 5) is 18.7. The maximum atomic E-state index is 12.7. The first kappa shape index (κ1) is 18.8. The molecule has 2 heterocycles. The van der Waals surface area contributed by atoms with E-state index in [-0.39, 0.29) is 24.1 Å². The lowest BCUT2D eigenvalue weighted by atomic mass is 10.1. The monoisotopic (exact) mass is 413 g/mol. The average Bonchev–Trinajstić information content (AvgIpc) is 3.46. The molecule has 1 aliphatic carbocycles. The Labute approximate surface area is 170 Å². The molecule has 2 aliphatic rings. The fourth-order valence-electron chi connectivity index (χ4n) is 4.18. The zero-order valence-corrected chi connectivity index (χ0v) is 15.9. The van der Waals surface area contributed by atoms with Crippen molar-refractivity contribution in [3.05, 3.63) is 65.0 Å². The number of aryl methyl sites for hydroxylation is 2. The van der Waals surface area contributed by atoms with Crippen molar-refractivity contribution in [2.24, 2.45) is 0 Å². The van der Waals surface area contributed by atoms with E-state index in [9.17, 15) is 18.0 Å². The third-order valence-electron chi connectivity index (χ3n) is 5.78. The summed E-state index contributed by atoms with van der Waals surface area (Å²) in [7, 11) is 0. The number of amides is 1. The van der Waals surface area contributed by atoms with Gasteiger partial charge in [0.15, 0.2) is 5.82 Å². The fourth-order valence-corrected chi connectivity index (χ4v) is 4.18. The van der Waals surface area contributed by atoms with Crippen LogP contribution in [0.4, 0.5) is 18.9 Å². The molecule has 0 bridgehead atoms. The summed E-state index contributed by atoms with van der Waals surface area (Å²) in [6, 6.07) is 10.7. The Morgan fingerprint density at radius 3 is 2.57 bits per heavy atom. The van der Waals surface area contributed by atoms with Gasteiger partial charge in [0.1, 0.15) is 0 Å². The van der Waals surface area contributed by atoms with Crippen LogP contribution in [0.15, 0.2) is 47.0 Å². The highest BCUT2D eigenvalue weighted by Crippen LogP contribution is 2.35. The molecule has 5 rings (SSSR count). The van der Waals surface area contributed by atoms with Crippen molar-refractivity contribution in [3.8, 4) is 11.5 Å². The minimum atomic E-state index is -4.40. The number of carbonyl (C=O) groups is 1. The van der Waals surface area contributed by atoms with E-state index in [4.69, 9.17) is 4.52 Å². The molecule has 30 heavy (non-hydrogen) atoms. The number of anilines is 1. The Bertz CT molecular complexity index is 1110. The van der Waals surface area contributed by atoms with Crippen molar-refractivity contribution in [1.82, 2.24) is 10.1 Å². The number of hydrogen-bond acceptors (Lipinski definition) is 4. The zero-order valence-electron chi connectivity index (χ0n) is 15.9. The molecular weight excluding hydrogens is 395 g/mol. The van der Waals surface area contributed by atoms with Crippen LogP contribution in [0.1, 0.15) is 41.3 Å². The number of aromatic nitrogens is 2. The number of halogens is 3. The fraction of sp³-hybridized carbons (Fsp3) is 0.318. The molecule has 1 aliphatic heterocycles. The largest absolute Gasteiger partial charge is 0.416 e. The van der Waals surface area contributed by atoms with Crippen molar-refractivity contribution in [2.75, 3.05) is 11.4 Å². The van der Waals surface area contributed by atoms with Gasteiger partial charge >= 0.3 is 6.18 Å². The van der Waals surface area contributed by atoms with E-state index >= 15 is 0 Å². The van der Waals surface area contributed by atoms with Crippen molar-refractivity contribution in [3.63, 3.8) is 0 Å². The Balaban J connectivity index is 1.34. The molecular formula is C22H18F3N3O2. The molecule has 154 valence electrons. The van der Waals surface area contributed by atoms with Crippen LogP contribution in [0.3, 0.4) is 0 Å². The van der Waals surface area contributed by atoms with Crippen LogP contribution in [0.2, 0.25) is 0 Å². The van der Waals surface area contributed by atoms with Crippen molar-refractivity contribution in [1.29, 1.82) is 0 Å². The average molecular weight is 413 g/mol. The molecule has 3 aromatic rings. The van der Waals surface area contributed by atoms with Crippen molar-refractivity contribution < 1.29 is 22.5 Å². The third kappa shape index (κ3) is 3.36. The summed E-state index contributed by atoms with van der Waals surface area (Å²) in [6.07, 6.45) is -0.866. The number of carbonyl (C=O) groups excluding carboxylic acids is 1. The molecule has 1 atom stereocenters. The third-order valence-corrected chi connectivity index (χ3v) is 5.78. The van der Waals surface area contributed by atoms with Gasteiger partial charge in [-0.2, -0.15) is 18.2 Å². The number of nitrogens with zero attached hydrogens (tertiary/aromatic N) is 3. The standard InChI is InChI=1S/C22H18F3N3O2/c23-22(24,25)17-7-4-14(5-8-17)21-26-20(27-30-21)16-11-19(29)28(12-16)18-9-6-13-2-1-3-15(13)10-18/h4-10,16H,1-3,11-12H2. The minimum Gasteiger partial charge on any atom is -0.334 e. The molecule has 1 aromatic heterocycles. The molecule has 1 fully saturated rings. The number of hydrogen-bond donors (Lipinski definition) is 0. The van der Waals surface area contributed by atoms with Gasteiger partial charge in [-0.3, -0.25) is 4.79 Å². The van der Waals surface area contributed by atoms with Crippen LogP contribution in [-0.2, 0) is 23.8 Å². The van der Waals surface area contributed by atoms with E-state index in [1.165, 1.54) is 23.3 Å². The van der Waals surface area contributed by atoms with Crippen LogP contribution in [-0.4, -0.2) is 22.6 Å². The van der Waals surface area contributed by atoms with E-state index < -0.39 is 11.7 Å². The van der Waals surface area contributed by atoms with Gasteiger partial charge in [0.25, 0.3) is 5.89 Å². The van der Waals surface area contributed by atoms with E-state index in [1.807, 2.05) is 6.07 Å². The molecule has 0 N–H and O–H groups in total. The van der Waals surface area contributed by atoms with Crippen molar-refractivity contribution >= 4 is 11.6 Å². The summed E-state index contributed by atoms with van der Waals surface area (Å²) < 4.78 is 43.4. The van der Waals surface area contributed by atoms with Gasteiger partial charge in [-0.15, -0.1) is 0 Å². The van der Waals surface area contributed by atoms with Gasteiger partial charge in [0.2, 0.25) is 5.91 Å². The summed E-state index contributed by atoms with van der Waals surface area (Å²) in [5.74, 6) is 0.306. The van der Waals surface area contributed by atoms with E-state index in [1.54, 1.807) is 4.90 Å². The number of rotatable bonds is 3. The van der Waals surface area contributed by atoms with Crippen LogP contribution >= 0.6 is 0 Å². The Morgan fingerprint density at radius 1 is 1.03 bits per heavy atom. The van der Waals surface area contributed by atoms with Gasteiger partial charge in [-0.05, 0) is 66.8 Å². The molecule has 0 saturated carbocycles. The highest BCUT2D eigenvalue weighted by Gasteiger charge is 2.35. The van der Waals surface area contributed by atoms with Crippen LogP contribution in [0.25, 0.3) is 11.5 Å². The van der Waals surface area contributed by atoms with Crippen LogP contribution in [0.5, 0.6) is 0 Å². The highest BCUT2D eigenvalue weighted by molar-refractivity contribution is 5.96. The maximum Gasteiger partial charge on any atom is 0.416 e. The second-order valence-electron chi connectivity index (χ2n) is 7.74. The van der Waals surface area contributed by atoms with Gasteiger partial charge in [-0.25, -0.2) is 0 Å². The molecule has 1 unspecified atom stereocenters. The Morgan fingerprint density at radius 2 is 1.80 bits per heavy atom. The lowest BCUT2D eigenvalue weighted by molar-refractivity contribution is -0.137. The predicted octanol–water partition coefficient (Wildman–Crippen LogP) is 4.76. The summed E-state index contributed by atoms with van der Waals surface area (Å²) in [6.45, 7) is 0.448. The second kappa shape index (κ2) is 6.97. The van der Waals surface area contributed by atoms with Gasteiger partial charge in [0.05, 0.1) is 5.56 Å². The molecule has 0 radical (unpaired) electrons. The number of alkyl halides is 3. The van der Waals surface area contributed by atoms with Crippen LogP contribution < -0.4 is 4.90 Å². The zero-order chi connectivity index (χ0) is 20.9. The summed E-state index contributed by atoms with van der Waals surface area (Å²) in [5.41, 5.74) is 3.20. The predicted molar refractivity (Wildman–Crippen MR) is 103 cm³/mol. The molecule has 1 saturated heterocycles. The lowest BCUT2D eigenvalue weighted by Gasteiger charge is -2.17. The first-order valence-electron chi connectivity index (χ1n) is 9.82. The topological polar surface area (TPSA) is 59.2 Å². The highest BCUT2D eigenvalue weighted by atomic mass is 19.4. The van der Waals surface area contributed by atoms with Gasteiger partial charge < -0.3 is 9.42 Å². The number of fused-ring (bicyclic) bond motifs is 1. The minimum absolute atomic E-state index is 0.00109. The molecule has 1 amide bonds. The van der Waals surface area contributed by atoms with E-state index in [2.05, 4.69) is 22.3 Å². The quantitative estimate of drug-likeness (QED) is 0.621. The maximum absolute atomic E-state index is 12.7. The molecule has 0 spiro atoms. The first-order chi connectivity index (χ1) is 14.4. The molecule has 2 aromatic carbocycles. The summed E-state index contributed by atoms with van der Waals surface area (Å²) in [5, 5.41) is 3.98. The molecule has 5 nitrogen and oxygen atoms in total. The van der Waals surface area contributed by atoms with Gasteiger partial charge in [0, 0.05) is 30.1 Å². The number of benzene rings is 2. The smallest absolute Gasteiger partial charge is 0.334 e. The molecule has 8 heteroatoms. The second-order valence-corrected chi connectivity index (χ2v) is 7.74. The Hall–Kier alpha value is -3.16. The lowest BCUT2D eigenvalue weighted by Crippen LogP contribution is -2.24. The van der Waals surface area contributed by atoms with Crippen LogP contribution in [0, 0.1) is 0 Å². The normalized spacial score (nSPS) is 18.8. The van der Waals surface area contributed by atoms with E-state index in [0.29, 0.717) is 17.9 Å². The van der Waals surface area contributed by atoms with E-state index in [0.717, 1.165) is 37.1 Å². The first-order valence-corrected chi connectivity index (χ1v) is 9.82. The Kier molecular flexibility index (Phi) is 4.38. The SMILES string of the molecule is O=C1CC(c2noc(-c3ccc(C(F)(F)F)cc3)n2)CN1c1ccc2c(c1)CCC2. The van der Waals surface area contributed by atoms with Gasteiger partial charge in [-0.1, -0.05) is 11.2 Å². The summed E-state index contributed by atoms with van der Waals surface area (Å²) >= 11 is 0.